The van der Waals surface area contributed by atoms with Crippen LogP contribution in [-0.2, 0) is 15.9 Å². The lowest BCUT2D eigenvalue weighted by molar-refractivity contribution is -0.139. The van der Waals surface area contributed by atoms with Gasteiger partial charge in [-0.25, -0.2) is 9.59 Å². The molecule has 0 radical (unpaired) electrons. The van der Waals surface area contributed by atoms with Crippen molar-refractivity contribution >= 4 is 11.9 Å². The Labute approximate surface area is 249 Å². The first-order valence-corrected chi connectivity index (χ1v) is 14.0. The van der Waals surface area contributed by atoms with Crippen LogP contribution in [0.15, 0.2) is 84.9 Å². The molecule has 0 atom stereocenters. The van der Waals surface area contributed by atoms with Crippen molar-refractivity contribution in [3.8, 4) is 34.4 Å². The average molecular weight is 576 g/mol. The molecule has 0 aromatic heterocycles. The number of carbonyl (C=O) groups excluding carboxylic acids is 2. The summed E-state index contributed by atoms with van der Waals surface area (Å²) in [7, 11) is 0. The molecule has 1 aliphatic carbocycles. The first kappa shape index (κ1) is 28.2. The molecule has 1 saturated heterocycles. The normalized spacial score (nSPS) is 14.0. The zero-order chi connectivity index (χ0) is 29.8. The van der Waals surface area contributed by atoms with Crippen LogP contribution in [0.3, 0.4) is 0 Å². The summed E-state index contributed by atoms with van der Waals surface area (Å²) in [6.07, 6.45) is 0.612. The summed E-state index contributed by atoms with van der Waals surface area (Å²) in [4.78, 5) is 25.4. The Kier molecular flexibility index (Phi) is 7.93. The summed E-state index contributed by atoms with van der Waals surface area (Å²) < 4.78 is 27.9. The molecule has 216 valence electrons. The largest absolute Gasteiger partial charge is 0.491 e. The maximum absolute atomic E-state index is 12.8. The molecule has 43 heavy (non-hydrogen) atoms. The first-order valence-electron chi connectivity index (χ1n) is 14.0. The third-order valence-corrected chi connectivity index (χ3v) is 7.43. The van der Waals surface area contributed by atoms with Crippen LogP contribution in [-0.4, -0.2) is 45.0 Å². The first-order chi connectivity index (χ1) is 20.9. The van der Waals surface area contributed by atoms with E-state index in [4.69, 9.17) is 28.9 Å². The zero-order valence-corrected chi connectivity index (χ0v) is 23.6. The van der Waals surface area contributed by atoms with Crippen molar-refractivity contribution in [2.45, 2.75) is 13.3 Å². The molecule has 1 fully saturated rings. The van der Waals surface area contributed by atoms with Crippen molar-refractivity contribution in [1.82, 2.24) is 0 Å². The minimum Gasteiger partial charge on any atom is -0.491 e. The van der Waals surface area contributed by atoms with E-state index in [1.165, 1.54) is 0 Å². The van der Waals surface area contributed by atoms with Crippen LogP contribution in [0, 0.1) is 16.7 Å². The Morgan fingerprint density at radius 2 is 1.30 bits per heavy atom. The van der Waals surface area contributed by atoms with E-state index in [-0.39, 0.29) is 5.41 Å². The van der Waals surface area contributed by atoms with Crippen molar-refractivity contribution < 1.29 is 33.3 Å². The average Bonchev–Trinajstić information content (AvgIpc) is 3.37. The standard InChI is InChI=1S/C35H29NO7/c1-35(21-40-22-35)20-39-14-15-41-28-8-6-25(7-9-28)34(38)43-30-11-13-32-27(18-30)16-26-17-29(10-12-31(26)32)42-33(37)24-4-2-23(19-36)3-5-24/h2-13,17-18H,14-16,20-22H2,1H3. The van der Waals surface area contributed by atoms with Crippen LogP contribution in [0.4, 0.5) is 0 Å². The van der Waals surface area contributed by atoms with E-state index in [9.17, 15) is 9.59 Å². The van der Waals surface area contributed by atoms with Gasteiger partial charge in [-0.1, -0.05) is 19.1 Å². The molecule has 8 nitrogen and oxygen atoms in total. The fourth-order valence-electron chi connectivity index (χ4n) is 5.06. The molecule has 0 unspecified atom stereocenters. The summed E-state index contributed by atoms with van der Waals surface area (Å²) in [6.45, 7) is 5.13. The van der Waals surface area contributed by atoms with E-state index in [2.05, 4.69) is 6.92 Å². The van der Waals surface area contributed by atoms with Gasteiger partial charge in [0, 0.05) is 5.41 Å². The molecule has 0 N–H and O–H groups in total. The minimum atomic E-state index is -0.493. The van der Waals surface area contributed by atoms with E-state index in [1.807, 2.05) is 30.3 Å². The number of hydrogen-bond acceptors (Lipinski definition) is 8. The highest BCUT2D eigenvalue weighted by atomic mass is 16.5. The number of hydrogen-bond donors (Lipinski definition) is 0. The number of fused-ring (bicyclic) bond motifs is 3. The molecule has 4 aromatic carbocycles. The molecular formula is C35H29NO7. The fraction of sp³-hybridized carbons (Fsp3) is 0.229. The number of rotatable bonds is 10. The number of benzene rings is 4. The van der Waals surface area contributed by atoms with Gasteiger partial charge in [-0.3, -0.25) is 0 Å². The highest BCUT2D eigenvalue weighted by Gasteiger charge is 2.33. The van der Waals surface area contributed by atoms with Crippen LogP contribution in [0.25, 0.3) is 11.1 Å². The van der Waals surface area contributed by atoms with Crippen LogP contribution in [0.2, 0.25) is 0 Å². The van der Waals surface area contributed by atoms with Crippen LogP contribution in [0.5, 0.6) is 17.2 Å². The summed E-state index contributed by atoms with van der Waals surface area (Å²) in [6, 6.07) is 26.3. The SMILES string of the molecule is CC1(COCCOc2ccc(C(=O)Oc3ccc4c(c3)Cc3cc(OC(=O)c5ccc(C#N)cc5)ccc3-4)cc2)COC1. The predicted octanol–water partition coefficient (Wildman–Crippen LogP) is 6.00. The van der Waals surface area contributed by atoms with Crippen molar-refractivity contribution in [3.63, 3.8) is 0 Å². The van der Waals surface area contributed by atoms with Gasteiger partial charge in [0.1, 0.15) is 23.9 Å². The van der Waals surface area contributed by atoms with Crippen LogP contribution >= 0.6 is 0 Å². The van der Waals surface area contributed by atoms with Gasteiger partial charge in [-0.2, -0.15) is 5.26 Å². The summed E-state index contributed by atoms with van der Waals surface area (Å²) in [5, 5.41) is 8.95. The monoisotopic (exact) mass is 575 g/mol. The van der Waals surface area contributed by atoms with Gasteiger partial charge in [0.05, 0.1) is 49.2 Å². The molecule has 0 saturated carbocycles. The van der Waals surface area contributed by atoms with E-state index >= 15 is 0 Å². The van der Waals surface area contributed by atoms with E-state index in [0.717, 1.165) is 35.5 Å². The second-order valence-electron chi connectivity index (χ2n) is 11.0. The Bertz CT molecular complexity index is 1700. The van der Waals surface area contributed by atoms with Gasteiger partial charge in [0.2, 0.25) is 0 Å². The molecule has 8 heteroatoms. The topological polar surface area (TPSA) is 104 Å². The fourth-order valence-corrected chi connectivity index (χ4v) is 5.06. The highest BCUT2D eigenvalue weighted by molar-refractivity contribution is 5.92. The third-order valence-electron chi connectivity index (χ3n) is 7.43. The Balaban J connectivity index is 1.02. The van der Waals surface area contributed by atoms with Crippen LogP contribution in [0.1, 0.15) is 44.3 Å². The smallest absolute Gasteiger partial charge is 0.343 e. The van der Waals surface area contributed by atoms with Crippen molar-refractivity contribution in [2.24, 2.45) is 5.41 Å². The molecule has 0 amide bonds. The highest BCUT2D eigenvalue weighted by Crippen LogP contribution is 2.40. The van der Waals surface area contributed by atoms with Gasteiger partial charge in [0.15, 0.2) is 0 Å². The number of nitriles is 1. The lowest BCUT2D eigenvalue weighted by Gasteiger charge is -2.37. The maximum atomic E-state index is 12.8. The molecule has 6 rings (SSSR count). The molecule has 1 heterocycles. The van der Waals surface area contributed by atoms with Gasteiger partial charge in [-0.15, -0.1) is 0 Å². The quantitative estimate of drug-likeness (QED) is 0.113. The van der Waals surface area contributed by atoms with Crippen LogP contribution < -0.4 is 14.2 Å². The summed E-state index contributed by atoms with van der Waals surface area (Å²) in [5.74, 6) is 0.582. The van der Waals surface area contributed by atoms with E-state index in [0.29, 0.717) is 60.2 Å². The number of carbonyl (C=O) groups is 2. The zero-order valence-electron chi connectivity index (χ0n) is 23.6. The maximum Gasteiger partial charge on any atom is 0.343 e. The summed E-state index contributed by atoms with van der Waals surface area (Å²) >= 11 is 0. The van der Waals surface area contributed by atoms with Gasteiger partial charge < -0.3 is 23.7 Å². The molecule has 2 aliphatic rings. The van der Waals surface area contributed by atoms with E-state index < -0.39 is 11.9 Å². The Morgan fingerprint density at radius 1 is 0.767 bits per heavy atom. The lowest BCUT2D eigenvalue weighted by atomic mass is 9.90. The van der Waals surface area contributed by atoms with Crippen molar-refractivity contribution in [2.75, 3.05) is 33.0 Å². The number of nitrogens with zero attached hydrogens (tertiary/aromatic N) is 1. The molecular weight excluding hydrogens is 546 g/mol. The molecule has 0 spiro atoms. The van der Waals surface area contributed by atoms with Gasteiger partial charge >= 0.3 is 11.9 Å². The third kappa shape index (κ3) is 6.44. The predicted molar refractivity (Wildman–Crippen MR) is 157 cm³/mol. The number of ether oxygens (including phenoxy) is 5. The van der Waals surface area contributed by atoms with E-state index in [1.54, 1.807) is 60.7 Å². The van der Waals surface area contributed by atoms with Gasteiger partial charge in [0.25, 0.3) is 0 Å². The van der Waals surface area contributed by atoms with Crippen molar-refractivity contribution in [3.05, 3.63) is 113 Å². The number of esters is 2. The Hall–Kier alpha value is -4.97. The Morgan fingerprint density at radius 3 is 1.81 bits per heavy atom. The second-order valence-corrected chi connectivity index (χ2v) is 11.0. The molecule has 4 aromatic rings. The summed E-state index contributed by atoms with van der Waals surface area (Å²) in [5.41, 5.74) is 5.47. The minimum absolute atomic E-state index is 0.111. The van der Waals surface area contributed by atoms with Gasteiger partial charge in [-0.05, 0) is 101 Å². The second kappa shape index (κ2) is 12.1. The molecule has 1 aliphatic heterocycles. The lowest BCUT2D eigenvalue weighted by Crippen LogP contribution is -2.43. The van der Waals surface area contributed by atoms with Crippen molar-refractivity contribution in [1.29, 1.82) is 5.26 Å². The molecule has 0 bridgehead atoms.